The van der Waals surface area contributed by atoms with E-state index in [1.54, 1.807) is 18.3 Å². The molecule has 0 bridgehead atoms. The monoisotopic (exact) mass is 229 g/mol. The first-order valence-electron chi connectivity index (χ1n) is 5.79. The Kier molecular flexibility index (Phi) is 2.76. The van der Waals surface area contributed by atoms with Gasteiger partial charge >= 0.3 is 5.97 Å². The van der Waals surface area contributed by atoms with Gasteiger partial charge in [0.15, 0.2) is 0 Å². The van der Waals surface area contributed by atoms with Crippen LogP contribution in [-0.4, -0.2) is 24.4 Å². The van der Waals surface area contributed by atoms with Gasteiger partial charge in [-0.2, -0.15) is 0 Å². The molecule has 2 rings (SSSR count). The molecule has 0 atom stereocenters. The van der Waals surface area contributed by atoms with Gasteiger partial charge in [0.2, 0.25) is 0 Å². The summed E-state index contributed by atoms with van der Waals surface area (Å²) in [5, 5.41) is 0. The maximum absolute atomic E-state index is 12.2. The van der Waals surface area contributed by atoms with Crippen LogP contribution in [0.5, 0.6) is 0 Å². The molecule has 0 aromatic carbocycles. The molecule has 0 aliphatic heterocycles. The number of hydrogen-bond acceptors (Lipinski definition) is 3. The van der Waals surface area contributed by atoms with E-state index in [2.05, 4.69) is 4.98 Å². The van der Waals surface area contributed by atoms with Crippen LogP contribution in [0.1, 0.15) is 39.3 Å². The predicted molar refractivity (Wildman–Crippen MR) is 66.4 cm³/mol. The molecule has 1 aliphatic carbocycles. The molecule has 1 aromatic rings. The Morgan fingerprint density at radius 2 is 2.12 bits per heavy atom. The summed E-state index contributed by atoms with van der Waals surface area (Å²) in [4.78, 5) is 16.4. The Morgan fingerprint density at radius 3 is 2.59 bits per heavy atom. The lowest BCUT2D eigenvalue weighted by Crippen LogP contribution is -2.32. The number of rotatable bonds is 2. The lowest BCUT2D eigenvalue weighted by atomic mass is 9.92. The number of esters is 1. The third-order valence-corrected chi connectivity index (χ3v) is 2.81. The van der Waals surface area contributed by atoms with Gasteiger partial charge in [0, 0.05) is 6.20 Å². The van der Waals surface area contributed by atoms with E-state index in [0.717, 1.165) is 18.5 Å². The second-order valence-electron chi connectivity index (χ2n) is 5.56. The third kappa shape index (κ3) is 2.51. The van der Waals surface area contributed by atoms with Crippen molar-refractivity contribution in [3.63, 3.8) is 0 Å². The van der Waals surface area contributed by atoms with Gasteiger partial charge < -0.3 is 4.74 Å². The Labute approximate surface area is 103 Å². The van der Waals surface area contributed by atoms with Gasteiger partial charge in [-0.15, -0.1) is 0 Å². The fraction of sp³-hybridized carbons (Fsp3) is 0.538. The van der Waals surface area contributed by atoms with Crippen LogP contribution in [-0.2, 0) is 14.9 Å². The van der Waals surface area contributed by atoms with E-state index >= 15 is 0 Å². The van der Waals surface area contributed by atoms with E-state index in [0.29, 0.717) is 5.46 Å². The van der Waals surface area contributed by atoms with Gasteiger partial charge in [0.1, 0.15) is 18.9 Å². The lowest BCUT2D eigenvalue weighted by Gasteiger charge is -2.23. The molecule has 0 saturated heterocycles. The molecule has 17 heavy (non-hydrogen) atoms. The molecule has 0 spiro atoms. The van der Waals surface area contributed by atoms with Crippen molar-refractivity contribution in [2.75, 3.05) is 0 Å². The van der Waals surface area contributed by atoms with Crippen molar-refractivity contribution in [2.24, 2.45) is 0 Å². The smallest absolute Gasteiger partial charge is 0.318 e. The Balaban J connectivity index is 2.23. The van der Waals surface area contributed by atoms with Crippen molar-refractivity contribution in [3.8, 4) is 0 Å². The third-order valence-electron chi connectivity index (χ3n) is 2.81. The van der Waals surface area contributed by atoms with Crippen LogP contribution in [0.4, 0.5) is 0 Å². The number of ether oxygens (including phenoxy) is 1. The highest BCUT2D eigenvalue weighted by Crippen LogP contribution is 2.48. The fourth-order valence-corrected chi connectivity index (χ4v) is 1.77. The molecule has 1 aromatic heterocycles. The zero-order chi connectivity index (χ0) is 12.7. The minimum absolute atomic E-state index is 0.192. The molecule has 1 fully saturated rings. The number of pyridine rings is 1. The number of hydrogen-bond donors (Lipinski definition) is 0. The van der Waals surface area contributed by atoms with E-state index in [4.69, 9.17) is 12.6 Å². The molecule has 0 amide bonds. The van der Waals surface area contributed by atoms with E-state index in [9.17, 15) is 4.79 Å². The summed E-state index contributed by atoms with van der Waals surface area (Å²) in [7, 11) is 5.72. The summed E-state index contributed by atoms with van der Waals surface area (Å²) in [6.07, 6.45) is 3.21. The molecule has 0 N–H and O–H groups in total. The molecular formula is C13H16BNO2. The average Bonchev–Trinajstić information content (AvgIpc) is 2.95. The standard InChI is InChI=1S/C13H16BNO2/c1-12(2,3)17-11(16)13(5-6-13)10-8-9(14)4-7-15-10/h4,7-8H,5-6H2,1-3H3. The Hall–Kier alpha value is -1.32. The highest BCUT2D eigenvalue weighted by molar-refractivity contribution is 6.32. The molecule has 2 radical (unpaired) electrons. The summed E-state index contributed by atoms with van der Waals surface area (Å²) in [6.45, 7) is 5.61. The molecule has 4 heteroatoms. The number of aromatic nitrogens is 1. The van der Waals surface area contributed by atoms with Gasteiger partial charge in [-0.1, -0.05) is 11.5 Å². The minimum Gasteiger partial charge on any atom is -0.459 e. The van der Waals surface area contributed by atoms with Gasteiger partial charge in [0.25, 0.3) is 0 Å². The summed E-state index contributed by atoms with van der Waals surface area (Å²) in [5.41, 5.74) is 0.340. The molecule has 3 nitrogen and oxygen atoms in total. The van der Waals surface area contributed by atoms with Crippen molar-refractivity contribution < 1.29 is 9.53 Å². The van der Waals surface area contributed by atoms with Gasteiger partial charge in [-0.25, -0.2) is 0 Å². The first-order chi connectivity index (χ1) is 7.83. The Morgan fingerprint density at radius 1 is 1.47 bits per heavy atom. The van der Waals surface area contributed by atoms with Crippen molar-refractivity contribution in [2.45, 2.75) is 44.6 Å². The van der Waals surface area contributed by atoms with Crippen molar-refractivity contribution in [1.29, 1.82) is 0 Å². The van der Waals surface area contributed by atoms with E-state index < -0.39 is 11.0 Å². The van der Waals surface area contributed by atoms with Crippen LogP contribution < -0.4 is 5.46 Å². The van der Waals surface area contributed by atoms with Crippen LogP contribution in [0.3, 0.4) is 0 Å². The normalized spacial score (nSPS) is 17.6. The molecular weight excluding hydrogens is 213 g/mol. The number of nitrogens with zero attached hydrogens (tertiary/aromatic N) is 1. The molecule has 1 saturated carbocycles. The quantitative estimate of drug-likeness (QED) is 0.565. The van der Waals surface area contributed by atoms with Crippen LogP contribution in [0.2, 0.25) is 0 Å². The average molecular weight is 229 g/mol. The molecule has 88 valence electrons. The second kappa shape index (κ2) is 3.86. The second-order valence-corrected chi connectivity index (χ2v) is 5.56. The zero-order valence-electron chi connectivity index (χ0n) is 10.5. The largest absolute Gasteiger partial charge is 0.459 e. The van der Waals surface area contributed by atoms with Crippen LogP contribution in [0.25, 0.3) is 0 Å². The summed E-state index contributed by atoms with van der Waals surface area (Å²) in [5.74, 6) is -0.192. The summed E-state index contributed by atoms with van der Waals surface area (Å²) in [6, 6.07) is 3.48. The minimum atomic E-state index is -0.553. The van der Waals surface area contributed by atoms with Crippen LogP contribution in [0.15, 0.2) is 18.3 Å². The van der Waals surface area contributed by atoms with E-state index in [1.165, 1.54) is 0 Å². The number of carbonyl (C=O) groups is 1. The highest BCUT2D eigenvalue weighted by atomic mass is 16.6. The van der Waals surface area contributed by atoms with Gasteiger partial charge in [0.05, 0.1) is 5.69 Å². The maximum Gasteiger partial charge on any atom is 0.318 e. The topological polar surface area (TPSA) is 39.2 Å². The predicted octanol–water partition coefficient (Wildman–Crippen LogP) is 1.25. The zero-order valence-corrected chi connectivity index (χ0v) is 10.5. The van der Waals surface area contributed by atoms with E-state index in [-0.39, 0.29) is 5.97 Å². The Bertz CT molecular complexity index is 447. The van der Waals surface area contributed by atoms with Crippen molar-refractivity contribution in [1.82, 2.24) is 4.98 Å². The fourth-order valence-electron chi connectivity index (χ4n) is 1.77. The molecule has 1 aliphatic rings. The first kappa shape index (κ1) is 12.2. The van der Waals surface area contributed by atoms with Crippen molar-refractivity contribution in [3.05, 3.63) is 24.0 Å². The van der Waals surface area contributed by atoms with Gasteiger partial charge in [-0.3, -0.25) is 9.78 Å². The highest BCUT2D eigenvalue weighted by Gasteiger charge is 2.54. The molecule has 1 heterocycles. The number of carbonyl (C=O) groups excluding carboxylic acids is 1. The van der Waals surface area contributed by atoms with Crippen LogP contribution in [0, 0.1) is 0 Å². The summed E-state index contributed by atoms with van der Waals surface area (Å²) < 4.78 is 5.44. The lowest BCUT2D eigenvalue weighted by molar-refractivity contribution is -0.158. The first-order valence-corrected chi connectivity index (χ1v) is 5.79. The van der Waals surface area contributed by atoms with E-state index in [1.807, 2.05) is 20.8 Å². The van der Waals surface area contributed by atoms with Crippen LogP contribution >= 0.6 is 0 Å². The summed E-state index contributed by atoms with van der Waals surface area (Å²) >= 11 is 0. The maximum atomic E-state index is 12.2. The van der Waals surface area contributed by atoms with Crippen molar-refractivity contribution >= 4 is 19.3 Å². The molecule has 0 unspecified atom stereocenters. The van der Waals surface area contributed by atoms with Gasteiger partial charge in [-0.05, 0) is 39.7 Å². The SMILES string of the molecule is [B]c1ccnc(C2(C(=O)OC(C)(C)C)CC2)c1.